The number of rotatable bonds is 6. The molecule has 1 aromatic heterocycles. The van der Waals surface area contributed by atoms with Gasteiger partial charge in [-0.15, -0.1) is 0 Å². The van der Waals surface area contributed by atoms with Crippen LogP contribution >= 0.6 is 0 Å². The molecule has 0 bridgehead atoms. The van der Waals surface area contributed by atoms with Gasteiger partial charge in [-0.2, -0.15) is 13.2 Å². The highest BCUT2D eigenvalue weighted by Gasteiger charge is 2.42. The summed E-state index contributed by atoms with van der Waals surface area (Å²) in [5.41, 5.74) is -0.347. The summed E-state index contributed by atoms with van der Waals surface area (Å²) in [7, 11) is 4.23. The van der Waals surface area contributed by atoms with E-state index in [1.54, 1.807) is 0 Å². The molecule has 1 saturated carbocycles. The molecule has 2 aromatic rings. The molecule has 0 radical (unpaired) electrons. The van der Waals surface area contributed by atoms with E-state index in [9.17, 15) is 18.0 Å². The summed E-state index contributed by atoms with van der Waals surface area (Å²) in [5, 5.41) is 3.41. The van der Waals surface area contributed by atoms with E-state index in [0.29, 0.717) is 30.4 Å². The molecular formula is C24H32F3N5O. The molecular weight excluding hydrogens is 431 g/mol. The summed E-state index contributed by atoms with van der Waals surface area (Å²) >= 11 is 0. The molecule has 1 N–H and O–H groups in total. The maximum atomic E-state index is 13.4. The van der Waals surface area contributed by atoms with Gasteiger partial charge in [-0.05, 0) is 70.3 Å². The van der Waals surface area contributed by atoms with E-state index in [1.807, 2.05) is 4.90 Å². The van der Waals surface area contributed by atoms with Gasteiger partial charge in [0.1, 0.15) is 18.2 Å². The monoisotopic (exact) mass is 463 g/mol. The van der Waals surface area contributed by atoms with Crippen LogP contribution < -0.4 is 5.32 Å². The van der Waals surface area contributed by atoms with Crippen molar-refractivity contribution in [2.24, 2.45) is 5.92 Å². The largest absolute Gasteiger partial charge is 0.416 e. The van der Waals surface area contributed by atoms with Crippen molar-refractivity contribution in [2.45, 2.75) is 69.8 Å². The van der Waals surface area contributed by atoms with Crippen molar-refractivity contribution in [3.63, 3.8) is 0 Å². The normalized spacial score (nSPS) is 26.4. The molecule has 33 heavy (non-hydrogen) atoms. The van der Waals surface area contributed by atoms with E-state index < -0.39 is 17.8 Å². The number of alkyl halides is 3. The Morgan fingerprint density at radius 3 is 2.67 bits per heavy atom. The summed E-state index contributed by atoms with van der Waals surface area (Å²) in [6.07, 6.45) is 2.77. The zero-order chi connectivity index (χ0) is 23.8. The third kappa shape index (κ3) is 4.93. The lowest BCUT2D eigenvalue weighted by molar-refractivity contribution is -0.137. The standard InChI is InChI=1S/C24H32F3N5O/c1-4-5-15-12-17(31(2)3)7-9-21(15)32-11-10-20(23(32)33)30-22-18-13-16(24(25,26)27)6-8-19(18)28-14-29-22/h6,8,13-15,17,20-21H,4-5,7,9-12H2,1-3H3,(H,28,29,30)/t15-,17-,20+,21+/m1/s1. The van der Waals surface area contributed by atoms with E-state index in [-0.39, 0.29) is 23.2 Å². The number of fused-ring (bicyclic) bond motifs is 1. The number of benzene rings is 1. The zero-order valence-corrected chi connectivity index (χ0v) is 19.4. The van der Waals surface area contributed by atoms with E-state index in [4.69, 9.17) is 0 Å². The fourth-order valence-electron chi connectivity index (χ4n) is 5.46. The van der Waals surface area contributed by atoms with Crippen LogP contribution in [0.1, 0.15) is 51.0 Å². The number of anilines is 1. The predicted octanol–water partition coefficient (Wildman–Crippen LogP) is 4.56. The third-order valence-electron chi connectivity index (χ3n) is 7.22. The molecule has 2 aliphatic rings. The van der Waals surface area contributed by atoms with E-state index >= 15 is 0 Å². The lowest BCUT2D eigenvalue weighted by Crippen LogP contribution is -2.49. The first kappa shape index (κ1) is 23.7. The maximum absolute atomic E-state index is 13.4. The fraction of sp³-hybridized carbons (Fsp3) is 0.625. The summed E-state index contributed by atoms with van der Waals surface area (Å²) in [4.78, 5) is 25.9. The second kappa shape index (κ2) is 9.44. The molecule has 2 fully saturated rings. The number of aromatic nitrogens is 2. The van der Waals surface area contributed by atoms with Gasteiger partial charge < -0.3 is 15.1 Å². The number of nitrogens with zero attached hydrogens (tertiary/aromatic N) is 4. The van der Waals surface area contributed by atoms with E-state index in [1.165, 1.54) is 12.4 Å². The first-order chi connectivity index (χ1) is 15.7. The van der Waals surface area contributed by atoms with Crippen LogP contribution in [0.15, 0.2) is 24.5 Å². The predicted molar refractivity (Wildman–Crippen MR) is 122 cm³/mol. The molecule has 1 aromatic carbocycles. The Balaban J connectivity index is 1.52. The number of nitrogens with one attached hydrogen (secondary N) is 1. The molecule has 9 heteroatoms. The van der Waals surface area contributed by atoms with Gasteiger partial charge in [0.05, 0.1) is 11.1 Å². The smallest absolute Gasteiger partial charge is 0.358 e. The number of likely N-dealkylation sites (tertiary alicyclic amines) is 1. The van der Waals surface area contributed by atoms with E-state index in [2.05, 4.69) is 41.2 Å². The number of carbonyl (C=O) groups excluding carboxylic acids is 1. The Bertz CT molecular complexity index is 996. The Morgan fingerprint density at radius 2 is 1.97 bits per heavy atom. The van der Waals surface area contributed by atoms with Crippen LogP contribution in [0.2, 0.25) is 0 Å². The van der Waals surface area contributed by atoms with Crippen LogP contribution in [0.4, 0.5) is 19.0 Å². The van der Waals surface area contributed by atoms with Gasteiger partial charge in [0.25, 0.3) is 0 Å². The number of hydrogen-bond donors (Lipinski definition) is 1. The van der Waals surface area contributed by atoms with Gasteiger partial charge in [-0.3, -0.25) is 4.79 Å². The van der Waals surface area contributed by atoms with Crippen LogP contribution in [0.5, 0.6) is 0 Å². The first-order valence-corrected chi connectivity index (χ1v) is 11.7. The SMILES string of the molecule is CCC[C@@H]1C[C@H](N(C)C)CC[C@@H]1N1CC[C@H](Nc2ncnc3ccc(C(F)(F)F)cc23)C1=O. The minimum atomic E-state index is -4.46. The number of hydrogen-bond acceptors (Lipinski definition) is 5. The van der Waals surface area contributed by atoms with Gasteiger partial charge in [0.15, 0.2) is 0 Å². The Labute approximate surface area is 192 Å². The highest BCUT2D eigenvalue weighted by molar-refractivity contribution is 5.93. The van der Waals surface area contributed by atoms with Crippen LogP contribution in [-0.2, 0) is 11.0 Å². The molecule has 1 aliphatic carbocycles. The molecule has 0 unspecified atom stereocenters. The van der Waals surface area contributed by atoms with E-state index in [0.717, 1.165) is 44.2 Å². The summed E-state index contributed by atoms with van der Waals surface area (Å²) in [6.45, 7) is 2.84. The molecule has 4 rings (SSSR count). The summed E-state index contributed by atoms with van der Waals surface area (Å²) in [5.74, 6) is 0.754. The average Bonchev–Trinajstić information content (AvgIpc) is 3.13. The van der Waals surface area contributed by atoms with Gasteiger partial charge in [-0.1, -0.05) is 13.3 Å². The quantitative estimate of drug-likeness (QED) is 0.681. The van der Waals surface area contributed by atoms with Gasteiger partial charge in [-0.25, -0.2) is 9.97 Å². The second-order valence-corrected chi connectivity index (χ2v) is 9.52. The fourth-order valence-corrected chi connectivity index (χ4v) is 5.46. The topological polar surface area (TPSA) is 61.4 Å². The average molecular weight is 464 g/mol. The highest BCUT2D eigenvalue weighted by atomic mass is 19.4. The van der Waals surface area contributed by atoms with Gasteiger partial charge >= 0.3 is 6.18 Å². The van der Waals surface area contributed by atoms with Crippen molar-refractivity contribution in [3.05, 3.63) is 30.1 Å². The number of amides is 1. The van der Waals surface area contributed by atoms with Crippen molar-refractivity contribution >= 4 is 22.6 Å². The molecule has 2 heterocycles. The highest BCUT2D eigenvalue weighted by Crippen LogP contribution is 2.37. The summed E-state index contributed by atoms with van der Waals surface area (Å²) in [6, 6.07) is 3.67. The van der Waals surface area contributed by atoms with Crippen molar-refractivity contribution < 1.29 is 18.0 Å². The second-order valence-electron chi connectivity index (χ2n) is 9.52. The van der Waals surface area contributed by atoms with Crippen molar-refractivity contribution in [1.29, 1.82) is 0 Å². The minimum Gasteiger partial charge on any atom is -0.358 e. The lowest BCUT2D eigenvalue weighted by Gasteiger charge is -2.43. The molecule has 1 aliphatic heterocycles. The minimum absolute atomic E-state index is 0.0168. The summed E-state index contributed by atoms with van der Waals surface area (Å²) < 4.78 is 39.7. The third-order valence-corrected chi connectivity index (χ3v) is 7.22. The number of carbonyl (C=O) groups is 1. The molecule has 1 saturated heterocycles. The Hall–Kier alpha value is -2.42. The van der Waals surface area contributed by atoms with Gasteiger partial charge in [0.2, 0.25) is 5.91 Å². The van der Waals surface area contributed by atoms with Gasteiger partial charge in [0, 0.05) is 24.0 Å². The zero-order valence-electron chi connectivity index (χ0n) is 19.4. The molecule has 180 valence electrons. The van der Waals surface area contributed by atoms with Crippen LogP contribution in [0, 0.1) is 5.92 Å². The van der Waals surface area contributed by atoms with Crippen LogP contribution in [-0.4, -0.2) is 64.4 Å². The Morgan fingerprint density at radius 1 is 1.18 bits per heavy atom. The Kier molecular flexibility index (Phi) is 6.79. The van der Waals surface area contributed by atoms with Crippen molar-refractivity contribution in [3.8, 4) is 0 Å². The molecule has 0 spiro atoms. The lowest BCUT2D eigenvalue weighted by atomic mass is 9.78. The number of halogens is 3. The molecule has 6 nitrogen and oxygen atoms in total. The maximum Gasteiger partial charge on any atom is 0.416 e. The first-order valence-electron chi connectivity index (χ1n) is 11.7. The van der Waals surface area contributed by atoms with Crippen LogP contribution in [0.25, 0.3) is 10.9 Å². The van der Waals surface area contributed by atoms with Crippen molar-refractivity contribution in [2.75, 3.05) is 26.0 Å². The molecule has 1 amide bonds. The van der Waals surface area contributed by atoms with Crippen molar-refractivity contribution in [1.82, 2.24) is 19.8 Å². The molecule has 4 atom stereocenters. The van der Waals surface area contributed by atoms with Crippen LogP contribution in [0.3, 0.4) is 0 Å².